The van der Waals surface area contributed by atoms with E-state index in [2.05, 4.69) is 10.6 Å². The van der Waals surface area contributed by atoms with Crippen LogP contribution in [0.4, 0.5) is 4.79 Å². The highest BCUT2D eigenvalue weighted by molar-refractivity contribution is 7.14. The van der Waals surface area contributed by atoms with Crippen molar-refractivity contribution in [2.75, 3.05) is 6.54 Å². The monoisotopic (exact) mass is 377 g/mol. The van der Waals surface area contributed by atoms with Crippen LogP contribution in [0.3, 0.4) is 0 Å². The van der Waals surface area contributed by atoms with Crippen LogP contribution in [0.15, 0.2) is 12.1 Å². The highest BCUT2D eigenvalue weighted by Gasteiger charge is 2.55. The summed E-state index contributed by atoms with van der Waals surface area (Å²) in [6.07, 6.45) is 3.47. The molecule has 0 bridgehead atoms. The van der Waals surface area contributed by atoms with Crippen molar-refractivity contribution in [3.63, 3.8) is 0 Å². The van der Waals surface area contributed by atoms with Gasteiger partial charge in [-0.3, -0.25) is 19.3 Å². The number of rotatable bonds is 5. The van der Waals surface area contributed by atoms with Crippen molar-refractivity contribution in [3.8, 4) is 0 Å². The molecule has 3 rings (SSSR count). The maximum absolute atomic E-state index is 12.9. The van der Waals surface area contributed by atoms with E-state index in [9.17, 15) is 19.2 Å². The zero-order chi connectivity index (χ0) is 18.9. The van der Waals surface area contributed by atoms with Gasteiger partial charge >= 0.3 is 6.03 Å². The minimum Gasteiger partial charge on any atom is -0.351 e. The lowest BCUT2D eigenvalue weighted by Gasteiger charge is -2.36. The third-order valence-electron chi connectivity index (χ3n) is 5.25. The minimum atomic E-state index is -0.846. The molecule has 2 aliphatic rings. The molecule has 8 heteroatoms. The number of thiophene rings is 1. The van der Waals surface area contributed by atoms with Crippen LogP contribution in [-0.4, -0.2) is 40.6 Å². The minimum absolute atomic E-state index is 0.0683. The molecule has 2 atom stereocenters. The van der Waals surface area contributed by atoms with E-state index < -0.39 is 11.6 Å². The number of amides is 4. The summed E-state index contributed by atoms with van der Waals surface area (Å²) in [7, 11) is 0. The Balaban J connectivity index is 1.68. The first-order chi connectivity index (χ1) is 12.3. The number of Topliss-reactive ketones (excluding diaryl/α,β-unsaturated/α-hetero) is 1. The van der Waals surface area contributed by atoms with Gasteiger partial charge in [-0.15, -0.1) is 11.3 Å². The summed E-state index contributed by atoms with van der Waals surface area (Å²) in [5.41, 5.74) is -0.846. The first-order valence-electron chi connectivity index (χ1n) is 8.84. The molecular formula is C18H23N3O4S. The first kappa shape index (κ1) is 18.6. The summed E-state index contributed by atoms with van der Waals surface area (Å²) in [6, 6.07) is 2.96. The van der Waals surface area contributed by atoms with Gasteiger partial charge in [0.2, 0.25) is 5.91 Å². The van der Waals surface area contributed by atoms with E-state index in [1.54, 1.807) is 12.1 Å². The van der Waals surface area contributed by atoms with Crippen LogP contribution in [0.2, 0.25) is 0 Å². The molecule has 0 aromatic carbocycles. The number of imide groups is 1. The van der Waals surface area contributed by atoms with E-state index in [0.717, 1.165) is 29.0 Å². The highest BCUT2D eigenvalue weighted by Crippen LogP contribution is 2.38. The molecule has 1 saturated carbocycles. The molecule has 1 saturated heterocycles. The van der Waals surface area contributed by atoms with Gasteiger partial charge in [0, 0.05) is 11.8 Å². The Hall–Kier alpha value is -2.22. The Bertz CT molecular complexity index is 759. The second-order valence-electron chi connectivity index (χ2n) is 7.04. The predicted molar refractivity (Wildman–Crippen MR) is 96.8 cm³/mol. The Kier molecular flexibility index (Phi) is 5.13. The molecule has 1 aliphatic carbocycles. The quantitative estimate of drug-likeness (QED) is 0.606. The number of urea groups is 1. The SMILES string of the molecule is CC(=O)NCc1ccc(C(=O)CN2C(=O)N[C@]3(CCCC[C@@H]3C)C2=O)s1. The van der Waals surface area contributed by atoms with E-state index in [0.29, 0.717) is 17.8 Å². The second kappa shape index (κ2) is 7.19. The highest BCUT2D eigenvalue weighted by atomic mass is 32.1. The zero-order valence-corrected chi connectivity index (χ0v) is 15.8. The molecule has 7 nitrogen and oxygen atoms in total. The normalized spacial score (nSPS) is 25.5. The zero-order valence-electron chi connectivity index (χ0n) is 15.0. The molecule has 0 unspecified atom stereocenters. The van der Waals surface area contributed by atoms with Gasteiger partial charge in [0.25, 0.3) is 5.91 Å². The summed E-state index contributed by atoms with van der Waals surface area (Å²) < 4.78 is 0. The fourth-order valence-electron chi connectivity index (χ4n) is 3.69. The number of hydrogen-bond acceptors (Lipinski definition) is 5. The summed E-state index contributed by atoms with van der Waals surface area (Å²) in [6.45, 7) is 3.52. The molecule has 0 radical (unpaired) electrons. The average Bonchev–Trinajstić information content (AvgIpc) is 3.15. The molecule has 1 spiro atoms. The largest absolute Gasteiger partial charge is 0.351 e. The molecule has 1 aliphatic heterocycles. The number of nitrogens with zero attached hydrogens (tertiary/aromatic N) is 1. The van der Waals surface area contributed by atoms with Gasteiger partial charge in [-0.25, -0.2) is 4.79 Å². The Morgan fingerprint density at radius 2 is 2.12 bits per heavy atom. The van der Waals surface area contributed by atoms with Gasteiger partial charge in [0.1, 0.15) is 5.54 Å². The summed E-state index contributed by atoms with van der Waals surface area (Å²) >= 11 is 1.26. The van der Waals surface area contributed by atoms with Gasteiger partial charge in [-0.1, -0.05) is 19.8 Å². The number of carbonyl (C=O) groups is 4. The van der Waals surface area contributed by atoms with Crippen LogP contribution in [0.25, 0.3) is 0 Å². The number of carbonyl (C=O) groups excluding carboxylic acids is 4. The van der Waals surface area contributed by atoms with Gasteiger partial charge in [-0.05, 0) is 30.9 Å². The van der Waals surface area contributed by atoms with Crippen LogP contribution in [0.5, 0.6) is 0 Å². The van der Waals surface area contributed by atoms with Crippen LogP contribution >= 0.6 is 11.3 Å². The third-order valence-corrected chi connectivity index (χ3v) is 6.38. The molecule has 1 aromatic heterocycles. The first-order valence-corrected chi connectivity index (χ1v) is 9.65. The van der Waals surface area contributed by atoms with E-state index in [1.165, 1.54) is 18.3 Å². The fraction of sp³-hybridized carbons (Fsp3) is 0.556. The second-order valence-corrected chi connectivity index (χ2v) is 8.21. The van der Waals surface area contributed by atoms with Gasteiger partial charge in [-0.2, -0.15) is 0 Å². The van der Waals surface area contributed by atoms with Crippen molar-refractivity contribution >= 4 is 35.0 Å². The smallest absolute Gasteiger partial charge is 0.325 e. The molecule has 2 heterocycles. The van der Waals surface area contributed by atoms with Crippen LogP contribution < -0.4 is 10.6 Å². The Morgan fingerprint density at radius 3 is 2.81 bits per heavy atom. The average molecular weight is 377 g/mol. The molecule has 140 valence electrons. The molecule has 2 fully saturated rings. The van der Waals surface area contributed by atoms with E-state index >= 15 is 0 Å². The predicted octanol–water partition coefficient (Wildman–Crippen LogP) is 2.07. The molecule has 26 heavy (non-hydrogen) atoms. The maximum atomic E-state index is 12.9. The lowest BCUT2D eigenvalue weighted by molar-refractivity contribution is -0.133. The van der Waals surface area contributed by atoms with Crippen molar-refractivity contribution in [1.29, 1.82) is 0 Å². The summed E-state index contributed by atoms with van der Waals surface area (Å²) in [4.78, 5) is 51.1. The molecule has 1 aromatic rings. The van der Waals surface area contributed by atoms with Gasteiger partial charge in [0.15, 0.2) is 5.78 Å². The lowest BCUT2D eigenvalue weighted by Crippen LogP contribution is -2.54. The van der Waals surface area contributed by atoms with Gasteiger partial charge < -0.3 is 10.6 Å². The van der Waals surface area contributed by atoms with Crippen molar-refractivity contribution in [1.82, 2.24) is 15.5 Å². The van der Waals surface area contributed by atoms with E-state index in [4.69, 9.17) is 0 Å². The molecule has 2 N–H and O–H groups in total. The van der Waals surface area contributed by atoms with Crippen molar-refractivity contribution in [2.24, 2.45) is 5.92 Å². The summed E-state index contributed by atoms with van der Waals surface area (Å²) in [5.74, 6) is -0.623. The standard InChI is InChI=1S/C18H23N3O4S/c1-11-5-3-4-8-18(11)16(24)21(17(25)20-18)10-14(23)15-7-6-13(26-15)9-19-12(2)22/h6-7,11H,3-5,8-10H2,1-2H3,(H,19,22)(H,20,25)/t11-,18-/m0/s1. The molecular weight excluding hydrogens is 354 g/mol. The van der Waals surface area contributed by atoms with Crippen molar-refractivity contribution in [2.45, 2.75) is 51.6 Å². The van der Waals surface area contributed by atoms with Crippen LogP contribution in [-0.2, 0) is 16.1 Å². The number of nitrogens with one attached hydrogen (secondary N) is 2. The fourth-order valence-corrected chi connectivity index (χ4v) is 4.57. The van der Waals surface area contributed by atoms with Crippen molar-refractivity contribution < 1.29 is 19.2 Å². The number of hydrogen-bond donors (Lipinski definition) is 2. The van der Waals surface area contributed by atoms with E-state index in [-0.39, 0.29) is 30.1 Å². The summed E-state index contributed by atoms with van der Waals surface area (Å²) in [5, 5.41) is 5.53. The van der Waals surface area contributed by atoms with Gasteiger partial charge in [0.05, 0.1) is 18.0 Å². The van der Waals surface area contributed by atoms with E-state index in [1.807, 2.05) is 6.92 Å². The van der Waals surface area contributed by atoms with Crippen molar-refractivity contribution in [3.05, 3.63) is 21.9 Å². The topological polar surface area (TPSA) is 95.6 Å². The Morgan fingerprint density at radius 1 is 1.35 bits per heavy atom. The Labute approximate surface area is 156 Å². The maximum Gasteiger partial charge on any atom is 0.325 e. The lowest BCUT2D eigenvalue weighted by atomic mass is 9.73. The number of ketones is 1. The molecule has 4 amide bonds. The third kappa shape index (κ3) is 3.38. The van der Waals surface area contributed by atoms with Crippen LogP contribution in [0.1, 0.15) is 54.1 Å². The van der Waals surface area contributed by atoms with Crippen LogP contribution in [0, 0.1) is 5.92 Å².